The summed E-state index contributed by atoms with van der Waals surface area (Å²) in [6.45, 7) is 0. The summed E-state index contributed by atoms with van der Waals surface area (Å²) >= 11 is 1.91. The molecule has 1 heterocycles. The van der Waals surface area contributed by atoms with Gasteiger partial charge in [-0.2, -0.15) is 0 Å². The number of rotatable bonds is 6. The number of benzene rings is 11. The number of hydrogen-bond donors (Lipinski definition) is 0. The highest BCUT2D eigenvalue weighted by Gasteiger charge is 2.34. The molecule has 12 aromatic rings. The minimum Gasteiger partial charge on any atom is -0.135 e. The first-order chi connectivity index (χ1) is 31.3. The van der Waals surface area contributed by atoms with E-state index in [0.717, 1.165) is 0 Å². The molecule has 0 nitrogen and oxygen atoms in total. The van der Waals surface area contributed by atoms with Crippen LogP contribution in [-0.4, -0.2) is 0 Å². The van der Waals surface area contributed by atoms with Gasteiger partial charge in [-0.3, -0.25) is 0 Å². The van der Waals surface area contributed by atoms with Crippen LogP contribution in [0.1, 0.15) is 0 Å². The van der Waals surface area contributed by atoms with E-state index < -0.39 is 0 Å². The summed E-state index contributed by atoms with van der Waals surface area (Å²) in [6, 6.07) is 85.5. The highest BCUT2D eigenvalue weighted by molar-refractivity contribution is 7.26. The highest BCUT2D eigenvalue weighted by atomic mass is 32.1. The van der Waals surface area contributed by atoms with E-state index in [1.165, 1.54) is 131 Å². The van der Waals surface area contributed by atoms with Gasteiger partial charge < -0.3 is 0 Å². The standard InChI is InChI=1S/C62H38S/c1-5-19-40(20-6-1)55-56(41-21-7-2-8-22-41)58(43-25-11-4-12-26-43)61-51-35-34-47(49-29-17-30-50(59(49)51)60(61)57(55)42-23-9-3-10-24-42)52-37-46(45-33-32-39-18-13-14-27-44(39)36-45)38-53-48-28-15-16-31-54(48)63-62(52)53/h1-38H. The minimum atomic E-state index is 1.21. The fourth-order valence-corrected chi connectivity index (χ4v) is 11.7. The zero-order valence-corrected chi connectivity index (χ0v) is 35.2. The number of fused-ring (bicyclic) bond motifs is 7. The Morgan fingerprint density at radius 1 is 0.238 bits per heavy atom. The quantitative estimate of drug-likeness (QED) is 0.157. The summed E-state index contributed by atoms with van der Waals surface area (Å²) < 4.78 is 2.63. The Morgan fingerprint density at radius 3 is 1.35 bits per heavy atom. The first kappa shape index (κ1) is 35.9. The molecule has 1 aliphatic rings. The van der Waals surface area contributed by atoms with Crippen LogP contribution in [0.15, 0.2) is 231 Å². The molecular formula is C62H38S. The molecule has 13 rings (SSSR count). The molecule has 1 heteroatoms. The molecule has 0 atom stereocenters. The van der Waals surface area contributed by atoms with Crippen LogP contribution in [0.4, 0.5) is 0 Å². The molecule has 0 spiro atoms. The van der Waals surface area contributed by atoms with Crippen molar-refractivity contribution in [3.8, 4) is 89.0 Å². The third-order valence-electron chi connectivity index (χ3n) is 13.2. The van der Waals surface area contributed by atoms with Crippen molar-refractivity contribution < 1.29 is 0 Å². The lowest BCUT2D eigenvalue weighted by Crippen LogP contribution is -1.99. The molecule has 0 aliphatic heterocycles. The van der Waals surface area contributed by atoms with E-state index >= 15 is 0 Å². The van der Waals surface area contributed by atoms with E-state index in [-0.39, 0.29) is 0 Å². The zero-order valence-electron chi connectivity index (χ0n) is 34.3. The lowest BCUT2D eigenvalue weighted by molar-refractivity contribution is 1.54. The Labute approximate surface area is 370 Å². The second kappa shape index (κ2) is 14.4. The topological polar surface area (TPSA) is 0 Å². The van der Waals surface area contributed by atoms with Gasteiger partial charge in [0.05, 0.1) is 0 Å². The van der Waals surface area contributed by atoms with Crippen LogP contribution in [0, 0.1) is 0 Å². The summed E-state index contributed by atoms with van der Waals surface area (Å²) in [5.74, 6) is 0. The Bertz CT molecular complexity index is 3630. The summed E-state index contributed by atoms with van der Waals surface area (Å²) in [6.07, 6.45) is 0. The molecule has 0 amide bonds. The molecule has 0 saturated carbocycles. The van der Waals surface area contributed by atoms with Gasteiger partial charge in [-0.15, -0.1) is 11.3 Å². The van der Waals surface area contributed by atoms with Gasteiger partial charge in [0.25, 0.3) is 0 Å². The molecule has 63 heavy (non-hydrogen) atoms. The maximum atomic E-state index is 2.46. The van der Waals surface area contributed by atoms with Crippen molar-refractivity contribution in [3.05, 3.63) is 231 Å². The van der Waals surface area contributed by atoms with Crippen LogP contribution in [0.3, 0.4) is 0 Å². The SMILES string of the molecule is c1ccc(-c2c(-c3ccccc3)c(-c3ccccc3)c3c(c2-c2ccccc2)-c2cccc4c(-c5cc(-c6ccc7ccccc7c6)cc6c5sc5ccccc56)ccc-3c24)cc1. The maximum absolute atomic E-state index is 2.46. The molecule has 1 aliphatic carbocycles. The Hall–Kier alpha value is -7.84. The predicted molar refractivity (Wildman–Crippen MR) is 271 cm³/mol. The monoisotopic (exact) mass is 814 g/mol. The van der Waals surface area contributed by atoms with Crippen LogP contribution in [-0.2, 0) is 0 Å². The molecule has 1 aromatic heterocycles. The average Bonchev–Trinajstić information content (AvgIpc) is 3.91. The van der Waals surface area contributed by atoms with Crippen molar-refractivity contribution >= 4 is 53.1 Å². The Kier molecular flexibility index (Phi) is 8.19. The van der Waals surface area contributed by atoms with Gasteiger partial charge in [0.2, 0.25) is 0 Å². The van der Waals surface area contributed by atoms with Gasteiger partial charge in [0.15, 0.2) is 0 Å². The Balaban J connectivity index is 1.17. The first-order valence-electron chi connectivity index (χ1n) is 21.8. The largest absolute Gasteiger partial charge is 0.135 e. The fourth-order valence-electron chi connectivity index (χ4n) is 10.5. The average molecular weight is 815 g/mol. The van der Waals surface area contributed by atoms with Crippen molar-refractivity contribution in [3.63, 3.8) is 0 Å². The van der Waals surface area contributed by atoms with Crippen molar-refractivity contribution in [1.82, 2.24) is 0 Å². The van der Waals surface area contributed by atoms with Crippen molar-refractivity contribution in [2.24, 2.45) is 0 Å². The van der Waals surface area contributed by atoms with Gasteiger partial charge in [-0.05, 0) is 129 Å². The molecule has 11 aromatic carbocycles. The molecule has 0 unspecified atom stereocenters. The summed E-state index contributed by atoms with van der Waals surface area (Å²) in [5, 5.41) is 7.71. The number of hydrogen-bond acceptors (Lipinski definition) is 1. The third-order valence-corrected chi connectivity index (χ3v) is 14.4. The van der Waals surface area contributed by atoms with Crippen molar-refractivity contribution in [2.75, 3.05) is 0 Å². The van der Waals surface area contributed by atoms with E-state index in [2.05, 4.69) is 231 Å². The molecule has 0 N–H and O–H groups in total. The summed E-state index contributed by atoms with van der Waals surface area (Å²) in [5.41, 5.74) is 20.0. The van der Waals surface area contributed by atoms with Gasteiger partial charge in [-0.25, -0.2) is 0 Å². The molecule has 0 saturated heterocycles. The third kappa shape index (κ3) is 5.60. The molecule has 292 valence electrons. The van der Waals surface area contributed by atoms with Gasteiger partial charge in [-0.1, -0.05) is 206 Å². The smallest absolute Gasteiger partial charge is 0.0434 e. The summed E-state index contributed by atoms with van der Waals surface area (Å²) in [4.78, 5) is 0. The maximum Gasteiger partial charge on any atom is 0.0434 e. The van der Waals surface area contributed by atoms with Crippen LogP contribution in [0.5, 0.6) is 0 Å². The Morgan fingerprint density at radius 2 is 0.730 bits per heavy atom. The van der Waals surface area contributed by atoms with Crippen molar-refractivity contribution in [1.29, 1.82) is 0 Å². The minimum absolute atomic E-state index is 1.21. The molecule has 0 bridgehead atoms. The normalized spacial score (nSPS) is 11.8. The van der Waals surface area contributed by atoms with Crippen molar-refractivity contribution in [2.45, 2.75) is 0 Å². The second-order valence-electron chi connectivity index (χ2n) is 16.7. The van der Waals surface area contributed by atoms with Gasteiger partial charge in [0, 0.05) is 25.7 Å². The predicted octanol–water partition coefficient (Wildman–Crippen LogP) is 18.0. The highest BCUT2D eigenvalue weighted by Crippen LogP contribution is 2.61. The second-order valence-corrected chi connectivity index (χ2v) is 17.7. The fraction of sp³-hybridized carbons (Fsp3) is 0. The summed E-state index contributed by atoms with van der Waals surface area (Å²) in [7, 11) is 0. The molecule has 0 radical (unpaired) electrons. The van der Waals surface area contributed by atoms with E-state index in [9.17, 15) is 0 Å². The van der Waals surface area contributed by atoms with E-state index in [1.807, 2.05) is 11.3 Å². The lowest BCUT2D eigenvalue weighted by atomic mass is 9.76. The van der Waals surface area contributed by atoms with Crippen LogP contribution < -0.4 is 0 Å². The van der Waals surface area contributed by atoms with Crippen LogP contribution >= 0.6 is 11.3 Å². The van der Waals surface area contributed by atoms with Gasteiger partial charge in [0.1, 0.15) is 0 Å². The zero-order chi connectivity index (χ0) is 41.4. The van der Waals surface area contributed by atoms with E-state index in [1.54, 1.807) is 0 Å². The molecule has 0 fully saturated rings. The van der Waals surface area contributed by atoms with E-state index in [0.29, 0.717) is 0 Å². The lowest BCUT2D eigenvalue weighted by Gasteiger charge is -2.26. The molecular weight excluding hydrogens is 777 g/mol. The van der Waals surface area contributed by atoms with E-state index in [4.69, 9.17) is 0 Å². The van der Waals surface area contributed by atoms with Crippen LogP contribution in [0.25, 0.3) is 131 Å². The van der Waals surface area contributed by atoms with Crippen LogP contribution in [0.2, 0.25) is 0 Å². The number of thiophene rings is 1. The van der Waals surface area contributed by atoms with Gasteiger partial charge >= 0.3 is 0 Å². The first-order valence-corrected chi connectivity index (χ1v) is 22.6.